The highest BCUT2D eigenvalue weighted by atomic mass is 16.3. The number of hydrogen-bond acceptors (Lipinski definition) is 4. The number of para-hydroxylation sites is 1. The van der Waals surface area contributed by atoms with Crippen molar-refractivity contribution < 1.29 is 9.21 Å². The molecule has 26 heavy (non-hydrogen) atoms. The van der Waals surface area contributed by atoms with Crippen molar-refractivity contribution in [2.24, 2.45) is 0 Å². The minimum atomic E-state index is -0.164. The van der Waals surface area contributed by atoms with E-state index in [1.165, 1.54) is 0 Å². The fraction of sp³-hybridized carbons (Fsp3) is 0.250. The number of fused-ring (bicyclic) bond motifs is 2. The van der Waals surface area contributed by atoms with Gasteiger partial charge in [0.25, 0.3) is 5.91 Å². The molecule has 1 amide bonds. The van der Waals surface area contributed by atoms with Crippen LogP contribution in [-0.2, 0) is 0 Å². The van der Waals surface area contributed by atoms with E-state index in [0.717, 1.165) is 28.7 Å². The predicted octanol–water partition coefficient (Wildman–Crippen LogP) is 4.32. The molecular formula is C20H20N4O2. The number of aromatic amines is 1. The van der Waals surface area contributed by atoms with E-state index in [-0.39, 0.29) is 11.9 Å². The minimum Gasteiger partial charge on any atom is -0.459 e. The van der Waals surface area contributed by atoms with Crippen molar-refractivity contribution >= 4 is 27.9 Å². The molecular weight excluding hydrogens is 328 g/mol. The van der Waals surface area contributed by atoms with Gasteiger partial charge in [0.2, 0.25) is 0 Å². The summed E-state index contributed by atoms with van der Waals surface area (Å²) >= 11 is 0. The molecule has 6 nitrogen and oxygen atoms in total. The first kappa shape index (κ1) is 16.3. The smallest absolute Gasteiger partial charge is 0.254 e. The van der Waals surface area contributed by atoms with Gasteiger partial charge in [-0.05, 0) is 43.7 Å². The van der Waals surface area contributed by atoms with Crippen molar-refractivity contribution in [3.63, 3.8) is 0 Å². The fourth-order valence-corrected chi connectivity index (χ4v) is 3.21. The van der Waals surface area contributed by atoms with Crippen LogP contribution in [0.5, 0.6) is 0 Å². The molecule has 0 saturated heterocycles. The van der Waals surface area contributed by atoms with Gasteiger partial charge in [0.1, 0.15) is 22.4 Å². The Bertz CT molecular complexity index is 1030. The van der Waals surface area contributed by atoms with E-state index >= 15 is 0 Å². The zero-order valence-corrected chi connectivity index (χ0v) is 14.8. The Kier molecular flexibility index (Phi) is 4.16. The van der Waals surface area contributed by atoms with Crippen LogP contribution < -0.4 is 0 Å². The number of nitrogens with one attached hydrogen (secondary N) is 1. The summed E-state index contributed by atoms with van der Waals surface area (Å²) in [6.45, 7) is 4.71. The van der Waals surface area contributed by atoms with Crippen LogP contribution in [0.1, 0.15) is 42.4 Å². The number of amides is 1. The topological polar surface area (TPSA) is 75.0 Å². The average Bonchev–Trinajstić information content (AvgIpc) is 3.30. The SMILES string of the molecule is CCCN(C(=O)c1ccc2n[nH]nc2c1)[C@@H](C)c1cc2ccccc2o1. The highest BCUT2D eigenvalue weighted by Gasteiger charge is 2.25. The average molecular weight is 348 g/mol. The van der Waals surface area contributed by atoms with Gasteiger partial charge in [-0.3, -0.25) is 4.79 Å². The lowest BCUT2D eigenvalue weighted by molar-refractivity contribution is 0.0672. The van der Waals surface area contributed by atoms with Gasteiger partial charge < -0.3 is 9.32 Å². The number of aromatic nitrogens is 3. The van der Waals surface area contributed by atoms with E-state index in [2.05, 4.69) is 22.3 Å². The zero-order chi connectivity index (χ0) is 18.1. The fourth-order valence-electron chi connectivity index (χ4n) is 3.21. The first-order valence-corrected chi connectivity index (χ1v) is 8.77. The van der Waals surface area contributed by atoms with Crippen LogP contribution in [0.2, 0.25) is 0 Å². The molecule has 2 aromatic carbocycles. The lowest BCUT2D eigenvalue weighted by atomic mass is 10.1. The monoisotopic (exact) mass is 348 g/mol. The molecule has 0 aliphatic heterocycles. The third kappa shape index (κ3) is 2.83. The van der Waals surface area contributed by atoms with Gasteiger partial charge in [0.15, 0.2) is 0 Å². The molecule has 0 fully saturated rings. The maximum absolute atomic E-state index is 13.2. The summed E-state index contributed by atoms with van der Waals surface area (Å²) in [5, 5.41) is 11.7. The third-order valence-corrected chi connectivity index (χ3v) is 4.61. The summed E-state index contributed by atoms with van der Waals surface area (Å²) < 4.78 is 5.98. The predicted molar refractivity (Wildman–Crippen MR) is 99.8 cm³/mol. The number of carbonyl (C=O) groups is 1. The zero-order valence-electron chi connectivity index (χ0n) is 14.8. The third-order valence-electron chi connectivity index (χ3n) is 4.61. The summed E-state index contributed by atoms with van der Waals surface area (Å²) in [4.78, 5) is 15.0. The van der Waals surface area contributed by atoms with Gasteiger partial charge in [-0.25, -0.2) is 0 Å². The second-order valence-corrected chi connectivity index (χ2v) is 6.39. The summed E-state index contributed by atoms with van der Waals surface area (Å²) in [5.74, 6) is 0.750. The maximum Gasteiger partial charge on any atom is 0.254 e. The van der Waals surface area contributed by atoms with Gasteiger partial charge in [-0.15, -0.1) is 0 Å². The van der Waals surface area contributed by atoms with Gasteiger partial charge >= 0.3 is 0 Å². The Morgan fingerprint density at radius 3 is 2.77 bits per heavy atom. The molecule has 0 saturated carbocycles. The van der Waals surface area contributed by atoms with E-state index in [1.807, 2.05) is 48.2 Å². The quantitative estimate of drug-likeness (QED) is 0.583. The number of benzene rings is 2. The molecule has 0 spiro atoms. The Hall–Kier alpha value is -3.15. The number of hydrogen-bond donors (Lipinski definition) is 1. The molecule has 2 aromatic heterocycles. The van der Waals surface area contributed by atoms with E-state index in [9.17, 15) is 4.79 Å². The van der Waals surface area contributed by atoms with Crippen LogP contribution in [0.15, 0.2) is 52.9 Å². The molecule has 0 radical (unpaired) electrons. The molecule has 0 aliphatic carbocycles. The highest BCUT2D eigenvalue weighted by Crippen LogP contribution is 2.29. The highest BCUT2D eigenvalue weighted by molar-refractivity contribution is 5.97. The van der Waals surface area contributed by atoms with Crippen LogP contribution in [0.3, 0.4) is 0 Å². The molecule has 1 N–H and O–H groups in total. The molecule has 4 aromatic rings. The molecule has 2 heterocycles. The van der Waals surface area contributed by atoms with Crippen molar-refractivity contribution in [1.82, 2.24) is 20.3 Å². The molecule has 132 valence electrons. The summed E-state index contributed by atoms with van der Waals surface area (Å²) in [6, 6.07) is 15.1. The molecule has 0 aliphatic rings. The lowest BCUT2D eigenvalue weighted by Gasteiger charge is -2.27. The van der Waals surface area contributed by atoms with Crippen molar-refractivity contribution in [2.45, 2.75) is 26.3 Å². The van der Waals surface area contributed by atoms with Crippen molar-refractivity contribution in [2.75, 3.05) is 6.54 Å². The second kappa shape index (κ2) is 6.63. The Labute approximate surface area is 150 Å². The second-order valence-electron chi connectivity index (χ2n) is 6.39. The molecule has 1 atom stereocenters. The van der Waals surface area contributed by atoms with Crippen LogP contribution in [0.25, 0.3) is 22.0 Å². The van der Waals surface area contributed by atoms with E-state index in [0.29, 0.717) is 17.6 Å². The Morgan fingerprint density at radius 2 is 1.96 bits per heavy atom. The molecule has 4 rings (SSSR count). The van der Waals surface area contributed by atoms with Crippen molar-refractivity contribution in [1.29, 1.82) is 0 Å². The summed E-state index contributed by atoms with van der Waals surface area (Å²) in [6.07, 6.45) is 0.864. The lowest BCUT2D eigenvalue weighted by Crippen LogP contribution is -2.34. The van der Waals surface area contributed by atoms with Gasteiger partial charge in [-0.1, -0.05) is 25.1 Å². The van der Waals surface area contributed by atoms with Gasteiger partial charge in [0.05, 0.1) is 6.04 Å². The van der Waals surface area contributed by atoms with Crippen LogP contribution in [0, 0.1) is 0 Å². The first-order valence-electron chi connectivity index (χ1n) is 8.77. The van der Waals surface area contributed by atoms with E-state index < -0.39 is 0 Å². The molecule has 0 unspecified atom stereocenters. The largest absolute Gasteiger partial charge is 0.459 e. The Balaban J connectivity index is 1.67. The van der Waals surface area contributed by atoms with Gasteiger partial charge in [0, 0.05) is 17.5 Å². The molecule has 6 heteroatoms. The van der Waals surface area contributed by atoms with Crippen molar-refractivity contribution in [3.05, 3.63) is 59.9 Å². The number of nitrogens with zero attached hydrogens (tertiary/aromatic N) is 3. The normalized spacial score (nSPS) is 12.5. The summed E-state index contributed by atoms with van der Waals surface area (Å²) in [5.41, 5.74) is 2.86. The maximum atomic E-state index is 13.2. The number of furan rings is 1. The first-order chi connectivity index (χ1) is 12.7. The number of rotatable bonds is 5. The van der Waals surface area contributed by atoms with Crippen LogP contribution >= 0.6 is 0 Å². The van der Waals surface area contributed by atoms with E-state index in [1.54, 1.807) is 12.1 Å². The van der Waals surface area contributed by atoms with Crippen LogP contribution in [-0.4, -0.2) is 32.8 Å². The van der Waals surface area contributed by atoms with E-state index in [4.69, 9.17) is 4.42 Å². The summed E-state index contributed by atoms with van der Waals surface area (Å²) in [7, 11) is 0. The molecule has 0 bridgehead atoms. The van der Waals surface area contributed by atoms with Crippen molar-refractivity contribution in [3.8, 4) is 0 Å². The number of H-pyrrole nitrogens is 1. The Morgan fingerprint density at radius 1 is 1.15 bits per heavy atom. The van der Waals surface area contributed by atoms with Gasteiger partial charge in [-0.2, -0.15) is 15.4 Å². The standard InChI is InChI=1S/C20H20N4O2/c1-3-10-24(13(2)19-12-14-6-4-5-7-18(14)26-19)20(25)15-8-9-16-17(11-15)22-23-21-16/h4-9,11-13H,3,10H2,1-2H3,(H,21,22,23)/t13-/m0/s1. The number of carbonyl (C=O) groups excluding carboxylic acids is 1. The minimum absolute atomic E-state index is 0.0373. The van der Waals surface area contributed by atoms with Crippen LogP contribution in [0.4, 0.5) is 0 Å².